The Morgan fingerprint density at radius 2 is 1.78 bits per heavy atom. The maximum atomic E-state index is 13.5. The van der Waals surface area contributed by atoms with Crippen molar-refractivity contribution in [1.29, 1.82) is 0 Å². The molecule has 0 aliphatic carbocycles. The minimum atomic E-state index is -0.281. The standard InChI is InChI=1S/C28H24FN7O/c1-36(2)11-12-37-20-13-18(15-30-16-20)22-7-8-24-27(33-22)28(35-34-24)25-14-21-23(32-25)9-10-31-26(21)17-3-5-19(29)6-4-17/h3-10,13-16,32H,11-12H2,1-2H3,(H,34,35). The van der Waals surface area contributed by atoms with Crippen LogP contribution in [0.4, 0.5) is 4.39 Å². The number of likely N-dealkylation sites (N-methyl/N-ethyl adjacent to an activating group) is 1. The topological polar surface area (TPSA) is 95.6 Å². The summed E-state index contributed by atoms with van der Waals surface area (Å²) < 4.78 is 19.3. The molecule has 6 rings (SSSR count). The minimum absolute atomic E-state index is 0.281. The summed E-state index contributed by atoms with van der Waals surface area (Å²) in [5, 5.41) is 8.55. The zero-order valence-corrected chi connectivity index (χ0v) is 20.4. The molecule has 2 N–H and O–H groups in total. The van der Waals surface area contributed by atoms with Gasteiger partial charge in [0.25, 0.3) is 0 Å². The SMILES string of the molecule is CN(C)CCOc1cncc(-c2ccc3[nH]nc(-c4cc5c(-c6ccc(F)cc6)nccc5[nH]4)c3n2)c1. The normalized spacial score (nSPS) is 11.6. The summed E-state index contributed by atoms with van der Waals surface area (Å²) in [4.78, 5) is 19.3. The smallest absolute Gasteiger partial charge is 0.138 e. The van der Waals surface area contributed by atoms with Gasteiger partial charge in [0.1, 0.15) is 29.4 Å². The predicted molar refractivity (Wildman–Crippen MR) is 142 cm³/mol. The van der Waals surface area contributed by atoms with E-state index in [2.05, 4.69) is 30.0 Å². The number of rotatable bonds is 7. The second-order valence-corrected chi connectivity index (χ2v) is 9.04. The van der Waals surface area contributed by atoms with E-state index in [-0.39, 0.29) is 5.82 Å². The lowest BCUT2D eigenvalue weighted by Gasteiger charge is -2.11. The zero-order chi connectivity index (χ0) is 25.4. The molecule has 0 spiro atoms. The first-order valence-corrected chi connectivity index (χ1v) is 11.9. The monoisotopic (exact) mass is 493 g/mol. The van der Waals surface area contributed by atoms with Gasteiger partial charge in [0, 0.05) is 41.0 Å². The van der Waals surface area contributed by atoms with E-state index in [4.69, 9.17) is 9.72 Å². The van der Waals surface area contributed by atoms with Crippen LogP contribution in [0.25, 0.3) is 55.8 Å². The molecule has 37 heavy (non-hydrogen) atoms. The van der Waals surface area contributed by atoms with Gasteiger partial charge < -0.3 is 14.6 Å². The average molecular weight is 494 g/mol. The number of aromatic nitrogens is 6. The number of aromatic amines is 2. The molecule has 0 aliphatic heterocycles. The van der Waals surface area contributed by atoms with E-state index in [9.17, 15) is 4.39 Å². The molecule has 0 bridgehead atoms. The van der Waals surface area contributed by atoms with Crippen LogP contribution >= 0.6 is 0 Å². The third kappa shape index (κ3) is 4.52. The molecule has 0 radical (unpaired) electrons. The molecule has 184 valence electrons. The molecule has 9 heteroatoms. The van der Waals surface area contributed by atoms with Crippen molar-refractivity contribution in [3.63, 3.8) is 0 Å². The molecular weight excluding hydrogens is 469 g/mol. The van der Waals surface area contributed by atoms with Gasteiger partial charge >= 0.3 is 0 Å². The molecule has 0 fully saturated rings. The van der Waals surface area contributed by atoms with Crippen LogP contribution in [-0.4, -0.2) is 62.3 Å². The van der Waals surface area contributed by atoms with E-state index in [1.54, 1.807) is 30.7 Å². The molecule has 0 saturated carbocycles. The largest absolute Gasteiger partial charge is 0.491 e. The minimum Gasteiger partial charge on any atom is -0.491 e. The summed E-state index contributed by atoms with van der Waals surface area (Å²) in [5.74, 6) is 0.418. The van der Waals surface area contributed by atoms with Gasteiger partial charge in [-0.3, -0.25) is 15.1 Å². The average Bonchev–Trinajstić information content (AvgIpc) is 3.53. The lowest BCUT2D eigenvalue weighted by Crippen LogP contribution is -2.19. The van der Waals surface area contributed by atoms with Crippen LogP contribution in [0.3, 0.4) is 0 Å². The highest BCUT2D eigenvalue weighted by molar-refractivity contribution is 5.99. The van der Waals surface area contributed by atoms with Crippen molar-refractivity contribution in [1.82, 2.24) is 35.0 Å². The molecule has 5 heterocycles. The molecule has 0 saturated heterocycles. The fourth-order valence-electron chi connectivity index (χ4n) is 4.25. The Morgan fingerprint density at radius 1 is 0.919 bits per heavy atom. The highest BCUT2D eigenvalue weighted by Gasteiger charge is 2.16. The van der Waals surface area contributed by atoms with Crippen LogP contribution in [-0.2, 0) is 0 Å². The Bertz CT molecular complexity index is 1710. The Kier molecular flexibility index (Phi) is 5.82. The Morgan fingerprint density at radius 3 is 2.62 bits per heavy atom. The van der Waals surface area contributed by atoms with Crippen molar-refractivity contribution in [2.45, 2.75) is 0 Å². The summed E-state index contributed by atoms with van der Waals surface area (Å²) in [5.41, 5.74) is 7.20. The van der Waals surface area contributed by atoms with E-state index in [1.165, 1.54) is 12.1 Å². The van der Waals surface area contributed by atoms with E-state index in [0.717, 1.165) is 56.7 Å². The fraction of sp³-hybridized carbons (Fsp3) is 0.143. The maximum Gasteiger partial charge on any atom is 0.138 e. The van der Waals surface area contributed by atoms with Crippen molar-refractivity contribution >= 4 is 21.9 Å². The van der Waals surface area contributed by atoms with Crippen LogP contribution in [0.2, 0.25) is 0 Å². The molecule has 5 aromatic heterocycles. The Hall–Kier alpha value is -4.63. The maximum absolute atomic E-state index is 13.5. The number of benzene rings is 1. The van der Waals surface area contributed by atoms with Gasteiger partial charge in [-0.1, -0.05) is 0 Å². The van der Waals surface area contributed by atoms with Crippen LogP contribution in [0.15, 0.2) is 73.2 Å². The second kappa shape index (κ2) is 9.44. The van der Waals surface area contributed by atoms with Gasteiger partial charge in [0.15, 0.2) is 0 Å². The Labute approximate surface area is 212 Å². The number of nitrogens with zero attached hydrogens (tertiary/aromatic N) is 5. The van der Waals surface area contributed by atoms with Crippen molar-refractivity contribution < 1.29 is 9.13 Å². The molecule has 0 amide bonds. The van der Waals surface area contributed by atoms with Gasteiger partial charge in [-0.25, -0.2) is 9.37 Å². The van der Waals surface area contributed by atoms with Crippen LogP contribution in [0.1, 0.15) is 0 Å². The number of hydrogen-bond acceptors (Lipinski definition) is 6. The number of pyridine rings is 3. The van der Waals surface area contributed by atoms with Crippen LogP contribution < -0.4 is 4.74 Å². The molecule has 1 aromatic carbocycles. The van der Waals surface area contributed by atoms with E-state index < -0.39 is 0 Å². The van der Waals surface area contributed by atoms with Crippen LogP contribution in [0, 0.1) is 5.82 Å². The third-order valence-electron chi connectivity index (χ3n) is 6.14. The number of halogens is 1. The van der Waals surface area contributed by atoms with Crippen molar-refractivity contribution in [3.05, 3.63) is 79.0 Å². The number of hydrogen-bond donors (Lipinski definition) is 2. The molecular formula is C28H24FN7O. The number of fused-ring (bicyclic) bond motifs is 2. The molecule has 0 unspecified atom stereocenters. The fourth-order valence-corrected chi connectivity index (χ4v) is 4.25. The van der Waals surface area contributed by atoms with Gasteiger partial charge in [0.2, 0.25) is 0 Å². The lowest BCUT2D eigenvalue weighted by molar-refractivity contribution is 0.261. The number of H-pyrrole nitrogens is 2. The second-order valence-electron chi connectivity index (χ2n) is 9.04. The van der Waals surface area contributed by atoms with Crippen molar-refractivity contribution in [3.8, 4) is 39.7 Å². The molecule has 8 nitrogen and oxygen atoms in total. The van der Waals surface area contributed by atoms with Gasteiger partial charge in [-0.05, 0) is 68.7 Å². The van der Waals surface area contributed by atoms with Crippen molar-refractivity contribution in [2.75, 3.05) is 27.2 Å². The quantitative estimate of drug-likeness (QED) is 0.313. The number of ether oxygens (including phenoxy) is 1. The van der Waals surface area contributed by atoms with Crippen LogP contribution in [0.5, 0.6) is 5.75 Å². The first kappa shape index (κ1) is 22.8. The van der Waals surface area contributed by atoms with E-state index in [1.807, 2.05) is 44.4 Å². The lowest BCUT2D eigenvalue weighted by atomic mass is 10.1. The van der Waals surface area contributed by atoms with E-state index >= 15 is 0 Å². The first-order chi connectivity index (χ1) is 18.0. The van der Waals surface area contributed by atoms with Gasteiger partial charge in [-0.15, -0.1) is 0 Å². The highest BCUT2D eigenvalue weighted by atomic mass is 19.1. The summed E-state index contributed by atoms with van der Waals surface area (Å²) in [6, 6.07) is 16.1. The van der Waals surface area contributed by atoms with Gasteiger partial charge in [0.05, 0.1) is 28.8 Å². The predicted octanol–water partition coefficient (Wildman–Crippen LogP) is 5.31. The summed E-state index contributed by atoms with van der Waals surface area (Å²) >= 11 is 0. The summed E-state index contributed by atoms with van der Waals surface area (Å²) in [6.45, 7) is 1.39. The van der Waals surface area contributed by atoms with E-state index in [0.29, 0.717) is 18.1 Å². The Balaban J connectivity index is 1.37. The molecule has 6 aromatic rings. The first-order valence-electron chi connectivity index (χ1n) is 11.9. The third-order valence-corrected chi connectivity index (χ3v) is 6.14. The summed E-state index contributed by atoms with van der Waals surface area (Å²) in [7, 11) is 4.01. The number of nitrogens with one attached hydrogen (secondary N) is 2. The summed E-state index contributed by atoms with van der Waals surface area (Å²) in [6.07, 6.45) is 5.22. The zero-order valence-electron chi connectivity index (χ0n) is 20.4. The molecule has 0 atom stereocenters. The highest BCUT2D eigenvalue weighted by Crippen LogP contribution is 2.33. The van der Waals surface area contributed by atoms with Crippen molar-refractivity contribution in [2.24, 2.45) is 0 Å². The van der Waals surface area contributed by atoms with Gasteiger partial charge in [-0.2, -0.15) is 5.10 Å². The molecule has 0 aliphatic rings.